The van der Waals surface area contributed by atoms with Gasteiger partial charge in [-0.25, -0.2) is 4.98 Å². The molecule has 0 fully saturated rings. The zero-order valence-electron chi connectivity index (χ0n) is 10.3. The molecule has 0 saturated carbocycles. The van der Waals surface area contributed by atoms with Gasteiger partial charge in [0.1, 0.15) is 5.75 Å². The summed E-state index contributed by atoms with van der Waals surface area (Å²) < 4.78 is 5.78. The summed E-state index contributed by atoms with van der Waals surface area (Å²) in [5.41, 5.74) is 6.74. The van der Waals surface area contributed by atoms with Crippen molar-refractivity contribution in [3.05, 3.63) is 60.6 Å². The van der Waals surface area contributed by atoms with Crippen LogP contribution < -0.4 is 10.5 Å². The molecule has 19 heavy (non-hydrogen) atoms. The lowest BCUT2D eigenvalue weighted by Gasteiger charge is -2.09. The Balaban J connectivity index is 2.10. The van der Waals surface area contributed by atoms with Crippen LogP contribution in [0, 0.1) is 0 Å². The minimum atomic E-state index is 0.459. The number of aromatic nitrogens is 2. The predicted octanol–water partition coefficient (Wildman–Crippen LogP) is 2.88. The summed E-state index contributed by atoms with van der Waals surface area (Å²) >= 11 is 0. The first kappa shape index (κ1) is 11.6. The number of nitrogens with zero attached hydrogens (tertiary/aromatic N) is 2. The third-order valence-corrected chi connectivity index (χ3v) is 2.91. The van der Waals surface area contributed by atoms with Crippen molar-refractivity contribution in [2.75, 3.05) is 0 Å². The second kappa shape index (κ2) is 5.04. The summed E-state index contributed by atoms with van der Waals surface area (Å²) in [6, 6.07) is 11.6. The van der Waals surface area contributed by atoms with Crippen LogP contribution in [0.1, 0.15) is 5.56 Å². The van der Waals surface area contributed by atoms with E-state index in [9.17, 15) is 0 Å². The Labute approximate surface area is 110 Å². The summed E-state index contributed by atoms with van der Waals surface area (Å²) in [5.74, 6) is 1.24. The van der Waals surface area contributed by atoms with Crippen LogP contribution in [0.3, 0.4) is 0 Å². The number of rotatable bonds is 3. The van der Waals surface area contributed by atoms with Crippen LogP contribution in [0.2, 0.25) is 0 Å². The van der Waals surface area contributed by atoms with Crippen molar-refractivity contribution in [1.29, 1.82) is 0 Å². The first-order valence-corrected chi connectivity index (χ1v) is 6.03. The molecule has 0 unspecified atom stereocenters. The molecule has 0 spiro atoms. The van der Waals surface area contributed by atoms with Gasteiger partial charge < -0.3 is 10.5 Å². The Bertz CT molecular complexity index is 698. The number of fused-ring (bicyclic) bond motifs is 1. The normalized spacial score (nSPS) is 10.6. The van der Waals surface area contributed by atoms with Crippen LogP contribution in [-0.4, -0.2) is 9.97 Å². The molecule has 2 N–H and O–H groups in total. The van der Waals surface area contributed by atoms with E-state index >= 15 is 0 Å². The molecule has 1 aromatic carbocycles. The maximum absolute atomic E-state index is 5.78. The lowest BCUT2D eigenvalue weighted by Crippen LogP contribution is -1.99. The van der Waals surface area contributed by atoms with Gasteiger partial charge in [-0.3, -0.25) is 4.98 Å². The summed E-state index contributed by atoms with van der Waals surface area (Å²) in [6.45, 7) is 0.459. The average molecular weight is 251 g/mol. The molecule has 4 nitrogen and oxygen atoms in total. The van der Waals surface area contributed by atoms with E-state index in [1.807, 2.05) is 36.4 Å². The van der Waals surface area contributed by atoms with E-state index in [2.05, 4.69) is 9.97 Å². The highest BCUT2D eigenvalue weighted by Crippen LogP contribution is 2.29. The second-order valence-corrected chi connectivity index (χ2v) is 4.13. The molecule has 3 rings (SSSR count). The average Bonchev–Trinajstić information content (AvgIpc) is 2.49. The van der Waals surface area contributed by atoms with Crippen LogP contribution in [0.4, 0.5) is 0 Å². The predicted molar refractivity (Wildman–Crippen MR) is 73.9 cm³/mol. The van der Waals surface area contributed by atoms with Gasteiger partial charge in [0, 0.05) is 24.3 Å². The molecular weight excluding hydrogens is 238 g/mol. The van der Waals surface area contributed by atoms with E-state index in [0.29, 0.717) is 18.2 Å². The smallest absolute Gasteiger partial charge is 0.227 e. The molecule has 0 atom stereocenters. The Morgan fingerprint density at radius 3 is 2.58 bits per heavy atom. The van der Waals surface area contributed by atoms with E-state index in [-0.39, 0.29) is 0 Å². The highest BCUT2D eigenvalue weighted by molar-refractivity contribution is 5.89. The monoisotopic (exact) mass is 251 g/mol. The number of pyridine rings is 2. The zero-order chi connectivity index (χ0) is 13.1. The fraction of sp³-hybridized carbons (Fsp3) is 0.0667. The molecule has 2 aromatic heterocycles. The van der Waals surface area contributed by atoms with Crippen molar-refractivity contribution in [1.82, 2.24) is 9.97 Å². The molecule has 0 amide bonds. The van der Waals surface area contributed by atoms with Gasteiger partial charge in [0.2, 0.25) is 5.88 Å². The molecule has 4 heteroatoms. The molecule has 0 aliphatic rings. The molecule has 0 saturated heterocycles. The van der Waals surface area contributed by atoms with Gasteiger partial charge in [-0.05, 0) is 29.1 Å². The van der Waals surface area contributed by atoms with Crippen molar-refractivity contribution in [3.8, 4) is 11.6 Å². The molecule has 0 bridgehead atoms. The third-order valence-electron chi connectivity index (χ3n) is 2.91. The number of ether oxygens (including phenoxy) is 1. The largest absolute Gasteiger partial charge is 0.437 e. The van der Waals surface area contributed by atoms with Crippen molar-refractivity contribution in [2.45, 2.75) is 6.54 Å². The maximum Gasteiger partial charge on any atom is 0.227 e. The Morgan fingerprint density at radius 1 is 1.00 bits per heavy atom. The summed E-state index contributed by atoms with van der Waals surface area (Å²) in [6.07, 6.45) is 5.12. The summed E-state index contributed by atoms with van der Waals surface area (Å²) in [5, 5.41) is 2.02. The number of benzene rings is 1. The van der Waals surface area contributed by atoms with E-state index in [1.165, 1.54) is 0 Å². The Hall–Kier alpha value is -2.46. The third kappa shape index (κ3) is 2.26. The van der Waals surface area contributed by atoms with Crippen molar-refractivity contribution < 1.29 is 4.74 Å². The first-order chi connectivity index (χ1) is 9.38. The SMILES string of the molecule is NCc1cnc(Oc2cccnc2)c2ccccc12. The van der Waals surface area contributed by atoms with Crippen molar-refractivity contribution in [2.24, 2.45) is 5.73 Å². The van der Waals surface area contributed by atoms with Gasteiger partial charge in [0.25, 0.3) is 0 Å². The number of hydrogen-bond donors (Lipinski definition) is 1. The van der Waals surface area contributed by atoms with Crippen molar-refractivity contribution >= 4 is 10.8 Å². The standard InChI is InChI=1S/C15H13N3O/c16-8-11-9-18-15(14-6-2-1-5-13(11)14)19-12-4-3-7-17-10-12/h1-7,9-10H,8,16H2. The van der Waals surface area contributed by atoms with Gasteiger partial charge in [-0.15, -0.1) is 0 Å². The minimum Gasteiger partial charge on any atom is -0.437 e. The maximum atomic E-state index is 5.78. The lowest BCUT2D eigenvalue weighted by molar-refractivity contribution is 0.466. The fourth-order valence-electron chi connectivity index (χ4n) is 1.99. The minimum absolute atomic E-state index is 0.459. The van der Waals surface area contributed by atoms with E-state index in [0.717, 1.165) is 16.3 Å². The van der Waals surface area contributed by atoms with Crippen LogP contribution in [-0.2, 0) is 6.54 Å². The van der Waals surface area contributed by atoms with Gasteiger partial charge in [0.15, 0.2) is 0 Å². The summed E-state index contributed by atoms with van der Waals surface area (Å²) in [4.78, 5) is 8.36. The molecule has 0 aliphatic carbocycles. The highest BCUT2D eigenvalue weighted by Gasteiger charge is 2.08. The lowest BCUT2D eigenvalue weighted by atomic mass is 10.1. The fourth-order valence-corrected chi connectivity index (χ4v) is 1.99. The Kier molecular flexibility index (Phi) is 3.08. The van der Waals surface area contributed by atoms with E-state index < -0.39 is 0 Å². The van der Waals surface area contributed by atoms with Crippen LogP contribution >= 0.6 is 0 Å². The number of hydrogen-bond acceptors (Lipinski definition) is 4. The van der Waals surface area contributed by atoms with Gasteiger partial charge >= 0.3 is 0 Å². The topological polar surface area (TPSA) is 61.0 Å². The van der Waals surface area contributed by atoms with Gasteiger partial charge in [-0.1, -0.05) is 18.2 Å². The van der Waals surface area contributed by atoms with Crippen LogP contribution in [0.15, 0.2) is 55.0 Å². The van der Waals surface area contributed by atoms with E-state index in [4.69, 9.17) is 10.5 Å². The molecule has 2 heterocycles. The summed E-state index contributed by atoms with van der Waals surface area (Å²) in [7, 11) is 0. The molecule has 0 aliphatic heterocycles. The number of nitrogens with two attached hydrogens (primary N) is 1. The zero-order valence-corrected chi connectivity index (χ0v) is 10.3. The van der Waals surface area contributed by atoms with Crippen LogP contribution in [0.25, 0.3) is 10.8 Å². The van der Waals surface area contributed by atoms with Crippen molar-refractivity contribution in [3.63, 3.8) is 0 Å². The highest BCUT2D eigenvalue weighted by atomic mass is 16.5. The Morgan fingerprint density at radius 2 is 1.84 bits per heavy atom. The molecule has 0 radical (unpaired) electrons. The van der Waals surface area contributed by atoms with Crippen LogP contribution in [0.5, 0.6) is 11.6 Å². The quantitative estimate of drug-likeness (QED) is 0.777. The van der Waals surface area contributed by atoms with E-state index in [1.54, 1.807) is 18.6 Å². The first-order valence-electron chi connectivity index (χ1n) is 6.03. The van der Waals surface area contributed by atoms with Gasteiger partial charge in [0.05, 0.1) is 6.20 Å². The second-order valence-electron chi connectivity index (χ2n) is 4.13. The molecule has 3 aromatic rings. The molecular formula is C15H13N3O. The van der Waals surface area contributed by atoms with Gasteiger partial charge in [-0.2, -0.15) is 0 Å². The molecule has 94 valence electrons.